The van der Waals surface area contributed by atoms with Gasteiger partial charge in [-0.05, 0) is 42.8 Å². The van der Waals surface area contributed by atoms with Gasteiger partial charge in [0.1, 0.15) is 12.3 Å². The zero-order valence-electron chi connectivity index (χ0n) is 14.8. The lowest BCUT2D eigenvalue weighted by molar-refractivity contribution is -0.130. The second-order valence-electron chi connectivity index (χ2n) is 6.04. The number of fused-ring (bicyclic) bond motifs is 1. The Morgan fingerprint density at radius 2 is 1.61 bits per heavy atom. The minimum absolute atomic E-state index is 0.246. The van der Waals surface area contributed by atoms with Gasteiger partial charge in [-0.1, -0.05) is 23.7 Å². The average molecular weight is 402 g/mol. The SMILES string of the molecule is Cc1cc(OCC(=O)NNC(=O)CN2C(=O)c3ccccc3C2=O)ccc1Cl. The van der Waals surface area contributed by atoms with Crippen molar-refractivity contribution in [3.8, 4) is 5.75 Å². The first-order valence-electron chi connectivity index (χ1n) is 8.28. The Morgan fingerprint density at radius 1 is 1.00 bits per heavy atom. The van der Waals surface area contributed by atoms with Gasteiger partial charge in [0.05, 0.1) is 11.1 Å². The lowest BCUT2D eigenvalue weighted by Crippen LogP contribution is -2.48. The van der Waals surface area contributed by atoms with Gasteiger partial charge < -0.3 is 4.74 Å². The second kappa shape index (κ2) is 8.10. The van der Waals surface area contributed by atoms with Crippen LogP contribution in [-0.4, -0.2) is 41.7 Å². The van der Waals surface area contributed by atoms with Crippen molar-refractivity contribution in [3.63, 3.8) is 0 Å². The van der Waals surface area contributed by atoms with Gasteiger partial charge in [0.25, 0.3) is 23.6 Å². The first-order chi connectivity index (χ1) is 13.4. The summed E-state index contributed by atoms with van der Waals surface area (Å²) in [4.78, 5) is 49.0. The lowest BCUT2D eigenvalue weighted by atomic mass is 10.1. The Kier molecular flexibility index (Phi) is 5.60. The molecule has 0 saturated heterocycles. The Morgan fingerprint density at radius 3 is 2.21 bits per heavy atom. The van der Waals surface area contributed by atoms with Gasteiger partial charge in [-0.3, -0.25) is 34.9 Å². The van der Waals surface area contributed by atoms with Crippen LogP contribution in [0.15, 0.2) is 42.5 Å². The molecule has 1 heterocycles. The summed E-state index contributed by atoms with van der Waals surface area (Å²) in [6.07, 6.45) is 0. The van der Waals surface area contributed by atoms with Crippen molar-refractivity contribution in [2.24, 2.45) is 0 Å². The molecule has 0 spiro atoms. The first kappa shape index (κ1) is 19.4. The molecule has 0 bridgehead atoms. The van der Waals surface area contributed by atoms with Crippen LogP contribution < -0.4 is 15.6 Å². The predicted molar refractivity (Wildman–Crippen MR) is 99.8 cm³/mol. The number of aryl methyl sites for hydroxylation is 1. The van der Waals surface area contributed by atoms with Gasteiger partial charge >= 0.3 is 0 Å². The van der Waals surface area contributed by atoms with Crippen LogP contribution in [0, 0.1) is 6.92 Å². The molecule has 28 heavy (non-hydrogen) atoms. The minimum Gasteiger partial charge on any atom is -0.484 e. The monoisotopic (exact) mass is 401 g/mol. The molecular formula is C19H16ClN3O5. The number of nitrogens with zero attached hydrogens (tertiary/aromatic N) is 1. The van der Waals surface area contributed by atoms with E-state index in [9.17, 15) is 19.2 Å². The molecular weight excluding hydrogens is 386 g/mol. The summed E-state index contributed by atoms with van der Waals surface area (Å²) in [5, 5.41) is 0.581. The highest BCUT2D eigenvalue weighted by atomic mass is 35.5. The number of nitrogens with one attached hydrogen (secondary N) is 2. The molecule has 4 amide bonds. The van der Waals surface area contributed by atoms with Crippen LogP contribution in [0.25, 0.3) is 0 Å². The minimum atomic E-state index is -0.717. The molecule has 3 rings (SSSR count). The number of imide groups is 1. The van der Waals surface area contributed by atoms with Crippen molar-refractivity contribution in [2.75, 3.05) is 13.2 Å². The maximum atomic E-state index is 12.2. The molecule has 8 nitrogen and oxygen atoms in total. The largest absolute Gasteiger partial charge is 0.484 e. The number of hydrogen-bond acceptors (Lipinski definition) is 5. The van der Waals surface area contributed by atoms with Gasteiger partial charge in [-0.15, -0.1) is 0 Å². The van der Waals surface area contributed by atoms with E-state index in [0.29, 0.717) is 10.8 Å². The fourth-order valence-corrected chi connectivity index (χ4v) is 2.71. The molecule has 2 aromatic carbocycles. The van der Waals surface area contributed by atoms with Crippen LogP contribution in [0.3, 0.4) is 0 Å². The highest BCUT2D eigenvalue weighted by Gasteiger charge is 2.36. The fourth-order valence-electron chi connectivity index (χ4n) is 2.60. The van der Waals surface area contributed by atoms with E-state index in [1.165, 1.54) is 12.1 Å². The molecule has 0 aromatic heterocycles. The molecule has 2 aromatic rings. The van der Waals surface area contributed by atoms with Crippen molar-refractivity contribution in [1.29, 1.82) is 0 Å². The number of rotatable bonds is 5. The van der Waals surface area contributed by atoms with Crippen molar-refractivity contribution >= 4 is 35.2 Å². The summed E-state index contributed by atoms with van der Waals surface area (Å²) in [5.41, 5.74) is 5.61. The van der Waals surface area contributed by atoms with Crippen LogP contribution in [-0.2, 0) is 9.59 Å². The van der Waals surface area contributed by atoms with E-state index in [2.05, 4.69) is 10.9 Å². The van der Waals surface area contributed by atoms with Crippen LogP contribution in [0.1, 0.15) is 26.3 Å². The van der Waals surface area contributed by atoms with Crippen LogP contribution >= 0.6 is 11.6 Å². The third-order valence-electron chi connectivity index (χ3n) is 4.02. The van der Waals surface area contributed by atoms with E-state index in [4.69, 9.17) is 16.3 Å². The third kappa shape index (κ3) is 4.12. The van der Waals surface area contributed by atoms with Crippen LogP contribution in [0.5, 0.6) is 5.75 Å². The molecule has 0 fully saturated rings. The van der Waals surface area contributed by atoms with Gasteiger partial charge in [0.15, 0.2) is 6.61 Å². The van der Waals surface area contributed by atoms with E-state index >= 15 is 0 Å². The molecule has 0 unspecified atom stereocenters. The number of amides is 4. The molecule has 1 aliphatic rings. The number of halogens is 1. The maximum Gasteiger partial charge on any atom is 0.276 e. The lowest BCUT2D eigenvalue weighted by Gasteiger charge is -2.14. The number of carbonyl (C=O) groups excluding carboxylic acids is 4. The van der Waals surface area contributed by atoms with E-state index in [-0.39, 0.29) is 17.7 Å². The number of carbonyl (C=O) groups is 4. The topological polar surface area (TPSA) is 105 Å². The first-order valence-corrected chi connectivity index (χ1v) is 8.66. The van der Waals surface area contributed by atoms with Gasteiger partial charge in [0, 0.05) is 5.02 Å². The second-order valence-corrected chi connectivity index (χ2v) is 6.45. The predicted octanol–water partition coefficient (Wildman–Crippen LogP) is 1.47. The Labute approximate surface area is 165 Å². The number of hydrazine groups is 1. The van der Waals surface area contributed by atoms with E-state index < -0.39 is 30.2 Å². The Balaban J connectivity index is 1.47. The summed E-state index contributed by atoms with van der Waals surface area (Å²) >= 11 is 5.91. The maximum absolute atomic E-state index is 12.2. The number of benzene rings is 2. The Hall–Kier alpha value is -3.39. The molecule has 0 saturated carbocycles. The molecule has 0 aliphatic carbocycles. The van der Waals surface area contributed by atoms with E-state index in [1.54, 1.807) is 37.3 Å². The average Bonchev–Trinajstić information content (AvgIpc) is 2.92. The van der Waals surface area contributed by atoms with E-state index in [0.717, 1.165) is 10.5 Å². The van der Waals surface area contributed by atoms with E-state index in [1.807, 2.05) is 0 Å². The standard InChI is InChI=1S/C19H16ClN3O5/c1-11-8-12(6-7-15(11)20)28-10-17(25)22-21-16(24)9-23-18(26)13-4-2-3-5-14(13)19(23)27/h2-8H,9-10H2,1H3,(H,21,24)(H,22,25). The fraction of sp³-hybridized carbons (Fsp3) is 0.158. The molecule has 1 aliphatic heterocycles. The van der Waals surface area contributed by atoms with Gasteiger partial charge in [-0.25, -0.2) is 0 Å². The number of ether oxygens (including phenoxy) is 1. The highest BCUT2D eigenvalue weighted by molar-refractivity contribution is 6.31. The van der Waals surface area contributed by atoms with Gasteiger partial charge in [0.2, 0.25) is 0 Å². The van der Waals surface area contributed by atoms with Crippen molar-refractivity contribution < 1.29 is 23.9 Å². The summed E-state index contributed by atoms with van der Waals surface area (Å²) in [6, 6.07) is 11.2. The van der Waals surface area contributed by atoms with Crippen molar-refractivity contribution in [1.82, 2.24) is 15.8 Å². The van der Waals surface area contributed by atoms with Crippen LogP contribution in [0.4, 0.5) is 0 Å². The molecule has 0 radical (unpaired) electrons. The zero-order valence-corrected chi connectivity index (χ0v) is 15.6. The normalized spacial score (nSPS) is 12.6. The van der Waals surface area contributed by atoms with Crippen molar-refractivity contribution in [3.05, 3.63) is 64.2 Å². The summed E-state index contributed by atoms with van der Waals surface area (Å²) < 4.78 is 5.31. The van der Waals surface area contributed by atoms with Crippen molar-refractivity contribution in [2.45, 2.75) is 6.92 Å². The molecule has 9 heteroatoms. The molecule has 0 atom stereocenters. The van der Waals surface area contributed by atoms with Gasteiger partial charge in [-0.2, -0.15) is 0 Å². The highest BCUT2D eigenvalue weighted by Crippen LogP contribution is 2.22. The zero-order chi connectivity index (χ0) is 20.3. The Bertz CT molecular complexity index is 941. The molecule has 144 valence electrons. The summed E-state index contributed by atoms with van der Waals surface area (Å²) in [7, 11) is 0. The summed E-state index contributed by atoms with van der Waals surface area (Å²) in [6.45, 7) is 0.951. The third-order valence-corrected chi connectivity index (χ3v) is 4.44. The van der Waals surface area contributed by atoms with Crippen LogP contribution in [0.2, 0.25) is 5.02 Å². The summed E-state index contributed by atoms with van der Waals surface area (Å²) in [5.74, 6) is -1.98. The quantitative estimate of drug-likeness (QED) is 0.583. The molecule has 2 N–H and O–H groups in total. The smallest absolute Gasteiger partial charge is 0.276 e. The number of hydrogen-bond donors (Lipinski definition) is 2.